The molecule has 30 heavy (non-hydrogen) atoms. The van der Waals surface area contributed by atoms with Crippen molar-refractivity contribution in [3.8, 4) is 16.9 Å². The Morgan fingerprint density at radius 2 is 2.03 bits per heavy atom. The van der Waals surface area contributed by atoms with E-state index in [1.54, 1.807) is 24.3 Å². The maximum absolute atomic E-state index is 13.1. The third kappa shape index (κ3) is 3.69. The van der Waals surface area contributed by atoms with E-state index in [0.29, 0.717) is 32.1 Å². The number of nitrogens with zero attached hydrogens (tertiary/aromatic N) is 2. The zero-order valence-corrected chi connectivity index (χ0v) is 17.8. The van der Waals surface area contributed by atoms with Crippen LogP contribution in [-0.4, -0.2) is 29.7 Å². The van der Waals surface area contributed by atoms with Crippen molar-refractivity contribution in [1.29, 1.82) is 0 Å². The highest BCUT2D eigenvalue weighted by atomic mass is 35.5. The fourth-order valence-electron chi connectivity index (χ4n) is 3.25. The van der Waals surface area contributed by atoms with Gasteiger partial charge >= 0.3 is 5.97 Å². The Morgan fingerprint density at radius 1 is 1.20 bits per heavy atom. The summed E-state index contributed by atoms with van der Waals surface area (Å²) in [4.78, 5) is 29.5. The van der Waals surface area contributed by atoms with Gasteiger partial charge in [-0.3, -0.25) is 9.36 Å². The first kappa shape index (κ1) is 20.1. The molecule has 0 spiro atoms. The number of halogens is 1. The minimum absolute atomic E-state index is 0.163. The number of hydrogen-bond donors (Lipinski definition) is 0. The lowest BCUT2D eigenvalue weighted by molar-refractivity contribution is 0.0600. The highest BCUT2D eigenvalue weighted by Crippen LogP contribution is 2.32. The summed E-state index contributed by atoms with van der Waals surface area (Å²) in [6.07, 6.45) is 1.51. The first-order chi connectivity index (χ1) is 14.5. The van der Waals surface area contributed by atoms with Crippen LogP contribution < -0.4 is 10.3 Å². The lowest BCUT2D eigenvalue weighted by atomic mass is 10.1. The summed E-state index contributed by atoms with van der Waals surface area (Å²) in [6, 6.07) is 12.4. The number of fused-ring (bicyclic) bond motifs is 1. The van der Waals surface area contributed by atoms with Crippen molar-refractivity contribution in [3.05, 3.63) is 80.7 Å². The van der Waals surface area contributed by atoms with E-state index in [0.717, 1.165) is 11.1 Å². The quantitative estimate of drug-likeness (QED) is 0.423. The third-order valence-electron chi connectivity index (χ3n) is 4.72. The van der Waals surface area contributed by atoms with Crippen LogP contribution in [0, 0.1) is 0 Å². The fourth-order valence-corrected chi connectivity index (χ4v) is 4.41. The molecular weight excluding hydrogens is 424 g/mol. The standard InChI is InChI=1S/C22H17ClN2O4S/c1-28-18-7-6-14(22(27)29-2)8-15(18)10-25-12-24-19-17(11-30-20(19)21(25)26)13-4-3-5-16(23)9-13/h3-9,11-12H,10H2,1-2H3. The summed E-state index contributed by atoms with van der Waals surface area (Å²) in [5, 5.41) is 2.53. The Morgan fingerprint density at radius 3 is 2.77 bits per heavy atom. The van der Waals surface area contributed by atoms with Crippen LogP contribution in [-0.2, 0) is 11.3 Å². The van der Waals surface area contributed by atoms with Gasteiger partial charge in [0.05, 0.1) is 38.2 Å². The van der Waals surface area contributed by atoms with Gasteiger partial charge in [0.25, 0.3) is 5.56 Å². The van der Waals surface area contributed by atoms with E-state index in [2.05, 4.69) is 4.98 Å². The van der Waals surface area contributed by atoms with E-state index < -0.39 is 5.97 Å². The van der Waals surface area contributed by atoms with E-state index in [1.165, 1.54) is 36.5 Å². The lowest BCUT2D eigenvalue weighted by Gasteiger charge is -2.12. The molecule has 4 aromatic rings. The second-order valence-corrected chi connectivity index (χ2v) is 7.85. The molecule has 0 N–H and O–H groups in total. The summed E-state index contributed by atoms with van der Waals surface area (Å²) < 4.78 is 12.2. The van der Waals surface area contributed by atoms with Crippen LogP contribution >= 0.6 is 22.9 Å². The number of thiophene rings is 1. The van der Waals surface area contributed by atoms with Gasteiger partial charge in [0.2, 0.25) is 0 Å². The van der Waals surface area contributed by atoms with Gasteiger partial charge in [0.15, 0.2) is 0 Å². The van der Waals surface area contributed by atoms with Crippen LogP contribution in [0.3, 0.4) is 0 Å². The molecule has 0 bridgehead atoms. The zero-order chi connectivity index (χ0) is 21.3. The number of carbonyl (C=O) groups is 1. The molecule has 0 radical (unpaired) electrons. The Kier molecular flexibility index (Phi) is 5.57. The number of esters is 1. The minimum atomic E-state index is -0.454. The second-order valence-electron chi connectivity index (χ2n) is 6.53. The van der Waals surface area contributed by atoms with Gasteiger partial charge in [-0.25, -0.2) is 9.78 Å². The summed E-state index contributed by atoms with van der Waals surface area (Å²) >= 11 is 7.45. The lowest BCUT2D eigenvalue weighted by Crippen LogP contribution is -2.21. The number of ether oxygens (including phenoxy) is 2. The molecule has 0 amide bonds. The molecule has 0 saturated heterocycles. The van der Waals surface area contributed by atoms with E-state index in [-0.39, 0.29) is 12.1 Å². The summed E-state index contributed by atoms with van der Waals surface area (Å²) in [5.74, 6) is 0.115. The van der Waals surface area contributed by atoms with E-state index in [9.17, 15) is 9.59 Å². The molecule has 0 aliphatic carbocycles. The molecule has 2 aromatic carbocycles. The fraction of sp³-hybridized carbons (Fsp3) is 0.136. The molecule has 0 atom stereocenters. The highest BCUT2D eigenvalue weighted by Gasteiger charge is 2.15. The largest absolute Gasteiger partial charge is 0.496 e. The molecule has 152 valence electrons. The normalized spacial score (nSPS) is 10.9. The molecule has 8 heteroatoms. The Balaban J connectivity index is 1.76. The van der Waals surface area contributed by atoms with Crippen molar-refractivity contribution in [2.45, 2.75) is 6.54 Å². The first-order valence-corrected chi connectivity index (χ1v) is 10.3. The molecule has 4 rings (SSSR count). The van der Waals surface area contributed by atoms with Gasteiger partial charge in [0.1, 0.15) is 10.4 Å². The number of methoxy groups -OCH3 is 2. The van der Waals surface area contributed by atoms with Crippen LogP contribution in [0.2, 0.25) is 5.02 Å². The molecule has 2 aromatic heterocycles. The van der Waals surface area contributed by atoms with Crippen LogP contribution in [0.5, 0.6) is 5.75 Å². The molecule has 0 aliphatic heterocycles. The van der Waals surface area contributed by atoms with E-state index in [4.69, 9.17) is 21.1 Å². The van der Waals surface area contributed by atoms with Crippen molar-refractivity contribution >= 4 is 39.1 Å². The topological polar surface area (TPSA) is 70.4 Å². The van der Waals surface area contributed by atoms with Gasteiger partial charge in [-0.15, -0.1) is 11.3 Å². The van der Waals surface area contributed by atoms with Gasteiger partial charge in [0, 0.05) is 21.5 Å². The monoisotopic (exact) mass is 440 g/mol. The van der Waals surface area contributed by atoms with Crippen molar-refractivity contribution in [2.75, 3.05) is 14.2 Å². The maximum atomic E-state index is 13.1. The Hall–Kier alpha value is -3.16. The maximum Gasteiger partial charge on any atom is 0.337 e. The van der Waals surface area contributed by atoms with E-state index in [1.807, 2.05) is 23.6 Å². The summed E-state index contributed by atoms with van der Waals surface area (Å²) in [7, 11) is 2.86. The average molecular weight is 441 g/mol. The number of rotatable bonds is 5. The molecule has 0 fully saturated rings. The van der Waals surface area contributed by atoms with Crippen molar-refractivity contribution < 1.29 is 14.3 Å². The zero-order valence-electron chi connectivity index (χ0n) is 16.2. The molecule has 0 aliphatic rings. The van der Waals surface area contributed by atoms with Gasteiger partial charge in [-0.2, -0.15) is 0 Å². The van der Waals surface area contributed by atoms with Crippen LogP contribution in [0.1, 0.15) is 15.9 Å². The van der Waals surface area contributed by atoms with Crippen molar-refractivity contribution in [1.82, 2.24) is 9.55 Å². The van der Waals surface area contributed by atoms with Crippen molar-refractivity contribution in [3.63, 3.8) is 0 Å². The minimum Gasteiger partial charge on any atom is -0.496 e. The van der Waals surface area contributed by atoms with Crippen LogP contribution in [0.25, 0.3) is 21.3 Å². The highest BCUT2D eigenvalue weighted by molar-refractivity contribution is 7.17. The number of aromatic nitrogens is 2. The molecule has 0 saturated carbocycles. The first-order valence-electron chi connectivity index (χ1n) is 8.99. The predicted octanol–water partition coefficient (Wildman–Crippen LogP) is 4.62. The van der Waals surface area contributed by atoms with E-state index >= 15 is 0 Å². The van der Waals surface area contributed by atoms with Gasteiger partial charge in [-0.1, -0.05) is 23.7 Å². The Labute approximate surface area is 181 Å². The van der Waals surface area contributed by atoms with Gasteiger partial charge in [-0.05, 0) is 35.9 Å². The smallest absolute Gasteiger partial charge is 0.337 e. The Bertz CT molecular complexity index is 1310. The average Bonchev–Trinajstić information content (AvgIpc) is 3.20. The summed E-state index contributed by atoms with van der Waals surface area (Å²) in [5.41, 5.74) is 3.31. The number of hydrogen-bond acceptors (Lipinski definition) is 6. The van der Waals surface area contributed by atoms with Gasteiger partial charge < -0.3 is 9.47 Å². The molecule has 2 heterocycles. The molecular formula is C22H17ClN2O4S. The second kappa shape index (κ2) is 8.30. The SMILES string of the molecule is COC(=O)c1ccc(OC)c(Cn2cnc3c(-c4cccc(Cl)c4)csc3c2=O)c1. The predicted molar refractivity (Wildman–Crippen MR) is 118 cm³/mol. The molecule has 6 nitrogen and oxygen atoms in total. The molecule has 0 unspecified atom stereocenters. The van der Waals surface area contributed by atoms with Crippen molar-refractivity contribution in [2.24, 2.45) is 0 Å². The number of carbonyl (C=O) groups excluding carboxylic acids is 1. The van der Waals surface area contributed by atoms with Crippen LogP contribution in [0.4, 0.5) is 0 Å². The third-order valence-corrected chi connectivity index (χ3v) is 5.92. The van der Waals surface area contributed by atoms with Crippen LogP contribution in [0.15, 0.2) is 59.0 Å². The summed E-state index contributed by atoms with van der Waals surface area (Å²) in [6.45, 7) is 0.209. The number of benzene rings is 2.